The molecule has 0 fully saturated rings. The second kappa shape index (κ2) is 10.2. The molecule has 7 heteroatoms. The number of hydrogen-bond donors (Lipinski definition) is 1. The fourth-order valence-electron chi connectivity index (χ4n) is 2.51. The van der Waals surface area contributed by atoms with E-state index in [0.29, 0.717) is 30.0 Å². The first-order chi connectivity index (χ1) is 13.4. The Morgan fingerprint density at radius 1 is 0.964 bits per heavy atom. The molecule has 0 aliphatic rings. The first-order valence-corrected chi connectivity index (χ1v) is 9.02. The largest absolute Gasteiger partial charge is 0.484 e. The number of ether oxygens (including phenoxy) is 1. The normalized spacial score (nSPS) is 10.2. The Labute approximate surface area is 163 Å². The predicted molar refractivity (Wildman–Crippen MR) is 103 cm³/mol. The number of carbonyl (C=O) groups excluding carboxylic acids is 3. The number of ketones is 1. The van der Waals surface area contributed by atoms with Crippen LogP contribution in [0.2, 0.25) is 0 Å². The van der Waals surface area contributed by atoms with Crippen LogP contribution < -0.4 is 10.1 Å². The molecule has 2 rings (SSSR count). The van der Waals surface area contributed by atoms with Gasteiger partial charge in [0.2, 0.25) is 5.91 Å². The molecule has 0 saturated heterocycles. The monoisotopic (exact) mass is 386 g/mol. The molecule has 0 aromatic heterocycles. The fraction of sp³-hybridized carbons (Fsp3) is 0.286. The zero-order chi connectivity index (χ0) is 20.5. The third-order valence-electron chi connectivity index (χ3n) is 4.03. The van der Waals surface area contributed by atoms with Gasteiger partial charge >= 0.3 is 0 Å². The number of hydrogen-bond acceptors (Lipinski definition) is 4. The number of benzene rings is 2. The first kappa shape index (κ1) is 21.1. The van der Waals surface area contributed by atoms with Gasteiger partial charge in [-0.25, -0.2) is 4.39 Å². The lowest BCUT2D eigenvalue weighted by atomic mass is 10.0. The van der Waals surface area contributed by atoms with Gasteiger partial charge in [-0.1, -0.05) is 0 Å². The van der Waals surface area contributed by atoms with Crippen LogP contribution in [0.5, 0.6) is 5.75 Å². The topological polar surface area (TPSA) is 75.7 Å². The minimum Gasteiger partial charge on any atom is -0.484 e. The van der Waals surface area contributed by atoms with Gasteiger partial charge in [0.25, 0.3) is 5.91 Å². The Kier molecular flexibility index (Phi) is 7.68. The minimum absolute atomic E-state index is 0.0162. The molecule has 1 N–H and O–H groups in total. The van der Waals surface area contributed by atoms with Crippen molar-refractivity contribution in [3.05, 3.63) is 65.5 Å². The van der Waals surface area contributed by atoms with Gasteiger partial charge in [-0.3, -0.25) is 14.4 Å². The second-order valence-electron chi connectivity index (χ2n) is 6.01. The van der Waals surface area contributed by atoms with Crippen molar-refractivity contribution in [1.82, 2.24) is 10.2 Å². The number of rotatable bonds is 9. The van der Waals surface area contributed by atoms with E-state index in [2.05, 4.69) is 5.32 Å². The molecule has 2 aromatic carbocycles. The number of amides is 2. The maximum atomic E-state index is 13.0. The van der Waals surface area contributed by atoms with Crippen molar-refractivity contribution in [2.24, 2.45) is 0 Å². The molecule has 0 spiro atoms. The standard InChI is InChI=1S/C21H23FN2O4/c1-3-23-19(25)13-24(4-2)20(26)14-28-18-11-7-16(8-12-18)21(27)15-5-9-17(22)10-6-15/h5-12H,3-4,13-14H2,1-2H3,(H,23,25). The summed E-state index contributed by atoms with van der Waals surface area (Å²) >= 11 is 0. The van der Waals surface area contributed by atoms with Gasteiger partial charge in [0, 0.05) is 24.2 Å². The second-order valence-corrected chi connectivity index (χ2v) is 6.01. The van der Waals surface area contributed by atoms with Crippen molar-refractivity contribution in [1.29, 1.82) is 0 Å². The minimum atomic E-state index is -0.404. The average molecular weight is 386 g/mol. The Morgan fingerprint density at radius 3 is 2.07 bits per heavy atom. The zero-order valence-corrected chi connectivity index (χ0v) is 15.9. The van der Waals surface area contributed by atoms with E-state index in [0.717, 1.165) is 0 Å². The number of halogens is 1. The molecule has 148 valence electrons. The SMILES string of the molecule is CCNC(=O)CN(CC)C(=O)COc1ccc(C(=O)c2ccc(F)cc2)cc1. The molecule has 0 radical (unpaired) electrons. The van der Waals surface area contributed by atoms with Crippen LogP contribution in [0.25, 0.3) is 0 Å². The molecule has 28 heavy (non-hydrogen) atoms. The Balaban J connectivity index is 1.93. The Bertz CT molecular complexity index is 819. The number of nitrogens with zero attached hydrogens (tertiary/aromatic N) is 1. The van der Waals surface area contributed by atoms with E-state index in [9.17, 15) is 18.8 Å². The number of carbonyl (C=O) groups is 3. The van der Waals surface area contributed by atoms with E-state index >= 15 is 0 Å². The van der Waals surface area contributed by atoms with E-state index < -0.39 is 5.82 Å². The molecule has 0 bridgehead atoms. The molecular weight excluding hydrogens is 363 g/mol. The highest BCUT2D eigenvalue weighted by Gasteiger charge is 2.16. The van der Waals surface area contributed by atoms with Crippen molar-refractivity contribution in [2.75, 3.05) is 26.2 Å². The number of nitrogens with one attached hydrogen (secondary N) is 1. The quantitative estimate of drug-likeness (QED) is 0.672. The van der Waals surface area contributed by atoms with Gasteiger partial charge in [0.1, 0.15) is 11.6 Å². The van der Waals surface area contributed by atoms with Crippen LogP contribution >= 0.6 is 0 Å². The van der Waals surface area contributed by atoms with Crippen molar-refractivity contribution < 1.29 is 23.5 Å². The third-order valence-corrected chi connectivity index (χ3v) is 4.03. The molecule has 0 atom stereocenters. The van der Waals surface area contributed by atoms with Crippen LogP contribution in [0.4, 0.5) is 4.39 Å². The maximum absolute atomic E-state index is 13.0. The molecule has 2 amide bonds. The lowest BCUT2D eigenvalue weighted by Gasteiger charge is -2.20. The summed E-state index contributed by atoms with van der Waals surface area (Å²) in [5, 5.41) is 2.65. The molecule has 0 unspecified atom stereocenters. The molecule has 2 aromatic rings. The third kappa shape index (κ3) is 5.90. The molecule has 0 heterocycles. The average Bonchev–Trinajstić information content (AvgIpc) is 2.71. The molecular formula is C21H23FN2O4. The van der Waals surface area contributed by atoms with Gasteiger partial charge in [0.15, 0.2) is 12.4 Å². The van der Waals surface area contributed by atoms with Crippen molar-refractivity contribution in [3.8, 4) is 5.75 Å². The van der Waals surface area contributed by atoms with Crippen molar-refractivity contribution in [2.45, 2.75) is 13.8 Å². The van der Waals surface area contributed by atoms with Crippen LogP contribution in [0.3, 0.4) is 0 Å². The maximum Gasteiger partial charge on any atom is 0.260 e. The molecule has 0 aliphatic heterocycles. The van der Waals surface area contributed by atoms with E-state index in [4.69, 9.17) is 4.74 Å². The smallest absolute Gasteiger partial charge is 0.260 e. The summed E-state index contributed by atoms with van der Waals surface area (Å²) in [6.07, 6.45) is 0. The summed E-state index contributed by atoms with van der Waals surface area (Å²) in [7, 11) is 0. The summed E-state index contributed by atoms with van der Waals surface area (Å²) in [6.45, 7) is 4.27. The van der Waals surface area contributed by atoms with Crippen LogP contribution in [-0.2, 0) is 9.59 Å². The van der Waals surface area contributed by atoms with E-state index in [1.165, 1.54) is 29.2 Å². The van der Waals surface area contributed by atoms with Gasteiger partial charge in [0.05, 0.1) is 6.54 Å². The fourth-order valence-corrected chi connectivity index (χ4v) is 2.51. The summed E-state index contributed by atoms with van der Waals surface area (Å²) in [4.78, 5) is 37.6. The summed E-state index contributed by atoms with van der Waals surface area (Å²) in [5.41, 5.74) is 0.811. The van der Waals surface area contributed by atoms with Crippen LogP contribution in [0, 0.1) is 5.82 Å². The summed E-state index contributed by atoms with van der Waals surface area (Å²) in [5.74, 6) is -0.736. The lowest BCUT2D eigenvalue weighted by Crippen LogP contribution is -2.42. The van der Waals surface area contributed by atoms with Gasteiger partial charge in [-0.05, 0) is 62.4 Å². The van der Waals surface area contributed by atoms with Crippen LogP contribution in [0.15, 0.2) is 48.5 Å². The van der Waals surface area contributed by atoms with Crippen LogP contribution in [0.1, 0.15) is 29.8 Å². The van der Waals surface area contributed by atoms with Gasteiger partial charge in [-0.2, -0.15) is 0 Å². The molecule has 0 saturated carbocycles. The highest BCUT2D eigenvalue weighted by Crippen LogP contribution is 2.16. The number of likely N-dealkylation sites (N-methyl/N-ethyl adjacent to an activating group) is 2. The highest BCUT2D eigenvalue weighted by atomic mass is 19.1. The van der Waals surface area contributed by atoms with Crippen molar-refractivity contribution >= 4 is 17.6 Å². The van der Waals surface area contributed by atoms with Crippen molar-refractivity contribution in [3.63, 3.8) is 0 Å². The predicted octanol–water partition coefficient (Wildman–Crippen LogP) is 2.42. The zero-order valence-electron chi connectivity index (χ0n) is 15.9. The van der Waals surface area contributed by atoms with E-state index in [1.807, 2.05) is 6.92 Å². The molecule has 0 aliphatic carbocycles. The van der Waals surface area contributed by atoms with Crippen LogP contribution in [-0.4, -0.2) is 48.7 Å². The highest BCUT2D eigenvalue weighted by molar-refractivity contribution is 6.09. The van der Waals surface area contributed by atoms with Gasteiger partial charge < -0.3 is 15.0 Å². The first-order valence-electron chi connectivity index (χ1n) is 9.02. The van der Waals surface area contributed by atoms with E-state index in [1.54, 1.807) is 31.2 Å². The summed E-state index contributed by atoms with van der Waals surface area (Å²) in [6, 6.07) is 11.7. The Hall–Kier alpha value is -3.22. The Morgan fingerprint density at radius 2 is 1.54 bits per heavy atom. The van der Waals surface area contributed by atoms with E-state index in [-0.39, 0.29) is 30.7 Å². The lowest BCUT2D eigenvalue weighted by molar-refractivity contribution is -0.137. The van der Waals surface area contributed by atoms with Gasteiger partial charge in [-0.15, -0.1) is 0 Å². The summed E-state index contributed by atoms with van der Waals surface area (Å²) < 4.78 is 18.4. The molecule has 6 nitrogen and oxygen atoms in total.